The van der Waals surface area contributed by atoms with Crippen LogP contribution in [0.25, 0.3) is 0 Å². The van der Waals surface area contributed by atoms with Crippen molar-refractivity contribution in [2.24, 2.45) is 0 Å². The number of rotatable bonds is 4. The number of nitrogens with zero attached hydrogens (tertiary/aromatic N) is 2. The Balaban J connectivity index is 1.69. The molecule has 0 saturated heterocycles. The summed E-state index contributed by atoms with van der Waals surface area (Å²) in [4.78, 5) is 20.4. The van der Waals surface area contributed by atoms with E-state index in [0.717, 1.165) is 23.4 Å². The summed E-state index contributed by atoms with van der Waals surface area (Å²) in [7, 11) is 0. The molecule has 3 aromatic rings. The van der Waals surface area contributed by atoms with Gasteiger partial charge in [-0.1, -0.05) is 12.1 Å². The molecule has 1 aromatic heterocycles. The lowest BCUT2D eigenvalue weighted by molar-refractivity contribution is -0.137. The minimum Gasteiger partial charge on any atom is -0.339 e. The molecule has 1 amide bonds. The number of hydrogen-bond donors (Lipinski definition) is 2. The van der Waals surface area contributed by atoms with Crippen molar-refractivity contribution in [2.75, 3.05) is 10.6 Å². The van der Waals surface area contributed by atoms with Gasteiger partial charge in [-0.25, -0.2) is 9.97 Å². The molecule has 28 heavy (non-hydrogen) atoms. The number of aryl methyl sites for hydroxylation is 2. The summed E-state index contributed by atoms with van der Waals surface area (Å²) in [6.07, 6.45) is -1.84. The molecule has 0 aliphatic rings. The monoisotopic (exact) mass is 386 g/mol. The Morgan fingerprint density at radius 1 is 0.929 bits per heavy atom. The van der Waals surface area contributed by atoms with Crippen LogP contribution in [-0.2, 0) is 6.18 Å². The predicted molar refractivity (Wildman–Crippen MR) is 101 cm³/mol. The van der Waals surface area contributed by atoms with Crippen molar-refractivity contribution < 1.29 is 18.0 Å². The number of carbonyl (C=O) groups is 1. The van der Waals surface area contributed by atoms with Crippen molar-refractivity contribution in [3.05, 3.63) is 77.2 Å². The summed E-state index contributed by atoms with van der Waals surface area (Å²) in [5.74, 6) is -0.205. The summed E-state index contributed by atoms with van der Waals surface area (Å²) in [6, 6.07) is 10.2. The van der Waals surface area contributed by atoms with E-state index >= 15 is 0 Å². The maximum absolute atomic E-state index is 12.8. The third kappa shape index (κ3) is 4.64. The molecule has 0 fully saturated rings. The first kappa shape index (κ1) is 19.3. The number of benzene rings is 2. The van der Waals surface area contributed by atoms with Gasteiger partial charge in [0.1, 0.15) is 11.5 Å². The van der Waals surface area contributed by atoms with E-state index in [0.29, 0.717) is 5.82 Å². The first-order valence-electron chi connectivity index (χ1n) is 8.37. The maximum Gasteiger partial charge on any atom is 0.416 e. The van der Waals surface area contributed by atoms with Crippen LogP contribution in [0.4, 0.5) is 30.4 Å². The Morgan fingerprint density at radius 2 is 1.71 bits per heavy atom. The van der Waals surface area contributed by atoms with Crippen LogP contribution in [-0.4, -0.2) is 15.9 Å². The molecule has 0 bridgehead atoms. The molecule has 0 unspecified atom stereocenters. The highest BCUT2D eigenvalue weighted by Gasteiger charge is 2.30. The van der Waals surface area contributed by atoms with E-state index in [1.54, 1.807) is 0 Å². The number of nitrogens with one attached hydrogen (secondary N) is 2. The van der Waals surface area contributed by atoms with Gasteiger partial charge in [0.2, 0.25) is 0 Å². The van der Waals surface area contributed by atoms with E-state index in [1.807, 2.05) is 32.0 Å². The summed E-state index contributed by atoms with van der Waals surface area (Å²) >= 11 is 0. The van der Waals surface area contributed by atoms with Gasteiger partial charge in [-0.05, 0) is 55.3 Å². The van der Waals surface area contributed by atoms with Crippen molar-refractivity contribution in [2.45, 2.75) is 20.0 Å². The van der Waals surface area contributed by atoms with Gasteiger partial charge >= 0.3 is 6.18 Å². The van der Waals surface area contributed by atoms with Crippen LogP contribution in [0.1, 0.15) is 27.2 Å². The maximum atomic E-state index is 12.8. The van der Waals surface area contributed by atoms with E-state index < -0.39 is 17.6 Å². The molecule has 0 aliphatic heterocycles. The second kappa shape index (κ2) is 7.67. The second-order valence-electron chi connectivity index (χ2n) is 6.24. The fourth-order valence-electron chi connectivity index (χ4n) is 2.45. The van der Waals surface area contributed by atoms with Crippen LogP contribution < -0.4 is 10.6 Å². The summed E-state index contributed by atoms with van der Waals surface area (Å²) in [5.41, 5.74) is 2.29. The van der Waals surface area contributed by atoms with Gasteiger partial charge < -0.3 is 10.6 Å². The van der Waals surface area contributed by atoms with Crippen molar-refractivity contribution in [1.29, 1.82) is 0 Å². The van der Waals surface area contributed by atoms with Gasteiger partial charge in [0.25, 0.3) is 5.91 Å². The Hall–Kier alpha value is -3.42. The molecule has 2 N–H and O–H groups in total. The van der Waals surface area contributed by atoms with Crippen LogP contribution in [0.3, 0.4) is 0 Å². The van der Waals surface area contributed by atoms with Gasteiger partial charge in [-0.15, -0.1) is 0 Å². The molecule has 144 valence electrons. The summed E-state index contributed by atoms with van der Waals surface area (Å²) in [5, 5.41) is 5.47. The number of alkyl halides is 3. The normalized spacial score (nSPS) is 11.2. The Labute approximate surface area is 159 Å². The van der Waals surface area contributed by atoms with E-state index in [-0.39, 0.29) is 11.4 Å². The molecule has 0 spiro atoms. The molecule has 3 rings (SSSR count). The van der Waals surface area contributed by atoms with Crippen molar-refractivity contribution in [3.8, 4) is 0 Å². The number of aromatic nitrogens is 2. The number of halogens is 3. The zero-order chi connectivity index (χ0) is 20.3. The van der Waals surface area contributed by atoms with Gasteiger partial charge in [-0.3, -0.25) is 4.79 Å². The zero-order valence-electron chi connectivity index (χ0n) is 15.1. The van der Waals surface area contributed by atoms with Crippen molar-refractivity contribution in [3.63, 3.8) is 0 Å². The lowest BCUT2D eigenvalue weighted by Gasteiger charge is -2.10. The minimum absolute atomic E-state index is 0.0111. The summed E-state index contributed by atoms with van der Waals surface area (Å²) < 4.78 is 38.3. The molecule has 8 heteroatoms. The Kier molecular flexibility index (Phi) is 5.30. The van der Waals surface area contributed by atoms with Gasteiger partial charge in [0.15, 0.2) is 0 Å². The highest BCUT2D eigenvalue weighted by Crippen LogP contribution is 2.30. The number of anilines is 3. The number of hydrogen-bond acceptors (Lipinski definition) is 4. The first-order chi connectivity index (χ1) is 13.2. The number of amides is 1. The largest absolute Gasteiger partial charge is 0.416 e. The van der Waals surface area contributed by atoms with Crippen molar-refractivity contribution in [1.82, 2.24) is 9.97 Å². The van der Waals surface area contributed by atoms with E-state index in [9.17, 15) is 18.0 Å². The highest BCUT2D eigenvalue weighted by atomic mass is 19.4. The van der Waals surface area contributed by atoms with Crippen LogP contribution in [0.5, 0.6) is 0 Å². The van der Waals surface area contributed by atoms with Crippen LogP contribution in [0.2, 0.25) is 0 Å². The number of carbonyl (C=O) groups excluding carboxylic acids is 1. The van der Waals surface area contributed by atoms with Gasteiger partial charge in [0, 0.05) is 11.4 Å². The predicted octanol–water partition coefficient (Wildman–Crippen LogP) is 5.11. The zero-order valence-corrected chi connectivity index (χ0v) is 15.1. The molecular formula is C20H17F3N4O. The molecule has 0 saturated carbocycles. The van der Waals surface area contributed by atoms with Crippen LogP contribution >= 0.6 is 0 Å². The first-order valence-corrected chi connectivity index (χ1v) is 8.37. The van der Waals surface area contributed by atoms with Crippen LogP contribution in [0, 0.1) is 13.8 Å². The van der Waals surface area contributed by atoms with E-state index in [2.05, 4.69) is 20.6 Å². The molecule has 2 aromatic carbocycles. The SMILES string of the molecule is Cc1ccc(Nc2cnc(C(=O)Nc3cccc(C(F)(F)F)c3)cn2)cc1C. The lowest BCUT2D eigenvalue weighted by atomic mass is 10.1. The molecule has 0 atom stereocenters. The molecule has 5 nitrogen and oxygen atoms in total. The third-order valence-electron chi connectivity index (χ3n) is 4.11. The van der Waals surface area contributed by atoms with E-state index in [1.165, 1.54) is 30.1 Å². The van der Waals surface area contributed by atoms with Crippen molar-refractivity contribution >= 4 is 23.1 Å². The fraction of sp³-hybridized carbons (Fsp3) is 0.150. The molecule has 0 aliphatic carbocycles. The Morgan fingerprint density at radius 3 is 2.36 bits per heavy atom. The Bertz CT molecular complexity index is 1000. The molecule has 0 radical (unpaired) electrons. The standard InChI is InChI=1S/C20H17F3N4O/c1-12-6-7-16(8-13(12)2)26-18-11-24-17(10-25-18)19(28)27-15-5-3-4-14(9-15)20(21,22)23/h3-11H,1-2H3,(H,25,26)(H,27,28). The second-order valence-corrected chi connectivity index (χ2v) is 6.24. The average Bonchev–Trinajstić information content (AvgIpc) is 2.65. The third-order valence-corrected chi connectivity index (χ3v) is 4.11. The summed E-state index contributed by atoms with van der Waals surface area (Å²) in [6.45, 7) is 4.00. The highest BCUT2D eigenvalue weighted by molar-refractivity contribution is 6.02. The molecule has 1 heterocycles. The quantitative estimate of drug-likeness (QED) is 0.654. The van der Waals surface area contributed by atoms with Gasteiger partial charge in [-0.2, -0.15) is 13.2 Å². The van der Waals surface area contributed by atoms with Crippen LogP contribution in [0.15, 0.2) is 54.9 Å². The smallest absolute Gasteiger partial charge is 0.339 e. The van der Waals surface area contributed by atoms with Gasteiger partial charge in [0.05, 0.1) is 18.0 Å². The average molecular weight is 386 g/mol. The topological polar surface area (TPSA) is 66.9 Å². The molecular weight excluding hydrogens is 369 g/mol. The lowest BCUT2D eigenvalue weighted by Crippen LogP contribution is -2.15. The minimum atomic E-state index is -4.48. The van der Waals surface area contributed by atoms with E-state index in [4.69, 9.17) is 0 Å². The fourth-order valence-corrected chi connectivity index (χ4v) is 2.45.